The van der Waals surface area contributed by atoms with Crippen LogP contribution in [0, 0.1) is 0 Å². The minimum absolute atomic E-state index is 0.361. The highest BCUT2D eigenvalue weighted by Gasteiger charge is 2.10. The molecule has 0 atom stereocenters. The van der Waals surface area contributed by atoms with Gasteiger partial charge in [-0.1, -0.05) is 45.2 Å². The number of rotatable bonds is 8. The molecule has 6 heteroatoms. The smallest absolute Gasteiger partial charge is 0.338 e. The fourth-order valence-corrected chi connectivity index (χ4v) is 1.97. The van der Waals surface area contributed by atoms with Crippen molar-refractivity contribution < 1.29 is 19.1 Å². The minimum Gasteiger partial charge on any atom is -0.462 e. The van der Waals surface area contributed by atoms with E-state index in [-0.39, 0.29) is 11.9 Å². The summed E-state index contributed by atoms with van der Waals surface area (Å²) in [5.74, 6) is -0.723. The largest absolute Gasteiger partial charge is 0.462 e. The van der Waals surface area contributed by atoms with Gasteiger partial charge in [-0.3, -0.25) is 0 Å². The first-order valence-corrected chi connectivity index (χ1v) is 9.30. The number of halogens is 2. The van der Waals surface area contributed by atoms with E-state index in [4.69, 9.17) is 9.47 Å². The average molecular weight is 502 g/mol. The maximum Gasteiger partial charge on any atom is 0.338 e. The summed E-state index contributed by atoms with van der Waals surface area (Å²) in [4.78, 5) is 23.3. The number of carbonyl (C=O) groups excluding carboxylic acids is 2. The second kappa shape index (κ2) is 10.4. The van der Waals surface area contributed by atoms with Gasteiger partial charge in [0.2, 0.25) is 0 Å². The van der Waals surface area contributed by atoms with Crippen LogP contribution in [0.3, 0.4) is 0 Å². The van der Waals surface area contributed by atoms with E-state index < -0.39 is 0 Å². The number of hydrogen-bond acceptors (Lipinski definition) is 4. The Morgan fingerprint density at radius 3 is 1.45 bits per heavy atom. The first-order chi connectivity index (χ1) is 9.69. The lowest BCUT2D eigenvalue weighted by Gasteiger charge is -2.05. The maximum atomic E-state index is 11.7. The molecule has 0 N–H and O–H groups in total. The monoisotopic (exact) mass is 502 g/mol. The Bertz CT molecular complexity index is 390. The molecule has 0 aliphatic heterocycles. The van der Waals surface area contributed by atoms with Crippen LogP contribution in [0.4, 0.5) is 0 Å². The van der Waals surface area contributed by atoms with Crippen LogP contribution in [0.5, 0.6) is 0 Å². The van der Waals surface area contributed by atoms with Crippen molar-refractivity contribution in [2.75, 3.05) is 22.1 Å². The van der Waals surface area contributed by atoms with Crippen LogP contribution in [-0.2, 0) is 9.47 Å². The number of alkyl halides is 2. The first-order valence-electron chi connectivity index (χ1n) is 6.25. The maximum absolute atomic E-state index is 11.7. The molecule has 1 aromatic rings. The van der Waals surface area contributed by atoms with Crippen LogP contribution in [0.15, 0.2) is 24.3 Å². The number of esters is 2. The second-order valence-corrected chi connectivity index (χ2v) is 6.09. The molecule has 0 radical (unpaired) electrons. The highest BCUT2D eigenvalue weighted by Crippen LogP contribution is 2.08. The van der Waals surface area contributed by atoms with Crippen LogP contribution in [0.25, 0.3) is 0 Å². The van der Waals surface area contributed by atoms with Gasteiger partial charge in [-0.25, -0.2) is 9.59 Å². The van der Waals surface area contributed by atoms with Gasteiger partial charge in [0, 0.05) is 8.86 Å². The molecule has 0 amide bonds. The van der Waals surface area contributed by atoms with Gasteiger partial charge in [0.05, 0.1) is 24.3 Å². The third kappa shape index (κ3) is 6.38. The highest BCUT2D eigenvalue weighted by molar-refractivity contribution is 14.1. The summed E-state index contributed by atoms with van der Waals surface area (Å²) >= 11 is 4.46. The summed E-state index contributed by atoms with van der Waals surface area (Å²) in [7, 11) is 0. The van der Waals surface area contributed by atoms with Crippen LogP contribution in [0.2, 0.25) is 0 Å². The predicted molar refractivity (Wildman–Crippen MR) is 94.0 cm³/mol. The molecular weight excluding hydrogens is 486 g/mol. The first kappa shape index (κ1) is 17.7. The van der Waals surface area contributed by atoms with E-state index in [2.05, 4.69) is 45.2 Å². The molecule has 0 spiro atoms. The highest BCUT2D eigenvalue weighted by atomic mass is 127. The zero-order valence-electron chi connectivity index (χ0n) is 10.9. The van der Waals surface area contributed by atoms with Crippen LogP contribution in [-0.4, -0.2) is 34.0 Å². The lowest BCUT2D eigenvalue weighted by Crippen LogP contribution is -2.09. The average Bonchev–Trinajstić information content (AvgIpc) is 2.47. The molecule has 0 saturated heterocycles. The van der Waals surface area contributed by atoms with E-state index in [0.29, 0.717) is 24.3 Å². The zero-order chi connectivity index (χ0) is 14.8. The lowest BCUT2D eigenvalue weighted by atomic mass is 10.1. The molecule has 0 saturated carbocycles. The van der Waals surface area contributed by atoms with Crippen molar-refractivity contribution in [1.29, 1.82) is 0 Å². The molecule has 0 aliphatic rings. The number of ether oxygens (including phenoxy) is 2. The van der Waals surface area contributed by atoms with Crippen molar-refractivity contribution >= 4 is 57.1 Å². The Morgan fingerprint density at radius 1 is 0.800 bits per heavy atom. The quantitative estimate of drug-likeness (QED) is 0.236. The number of hydrogen-bond donors (Lipinski definition) is 0. The fraction of sp³-hybridized carbons (Fsp3) is 0.429. The van der Waals surface area contributed by atoms with Crippen molar-refractivity contribution in [1.82, 2.24) is 0 Å². The summed E-state index contributed by atoms with van der Waals surface area (Å²) in [5.41, 5.74) is 0.893. The molecule has 0 aliphatic carbocycles. The van der Waals surface area contributed by atoms with Gasteiger partial charge in [-0.2, -0.15) is 0 Å². The fourth-order valence-electron chi connectivity index (χ4n) is 1.35. The van der Waals surface area contributed by atoms with Gasteiger partial charge < -0.3 is 9.47 Å². The van der Waals surface area contributed by atoms with Crippen molar-refractivity contribution in [2.24, 2.45) is 0 Å². The van der Waals surface area contributed by atoms with Crippen molar-refractivity contribution in [3.8, 4) is 0 Å². The van der Waals surface area contributed by atoms with Crippen molar-refractivity contribution in [3.63, 3.8) is 0 Å². The van der Waals surface area contributed by atoms with Crippen molar-refractivity contribution in [2.45, 2.75) is 12.8 Å². The molecule has 0 fully saturated rings. The third-order valence-electron chi connectivity index (χ3n) is 2.38. The predicted octanol–water partition coefficient (Wildman–Crippen LogP) is 3.65. The van der Waals surface area contributed by atoms with Crippen molar-refractivity contribution in [3.05, 3.63) is 35.4 Å². The van der Waals surface area contributed by atoms with E-state index in [9.17, 15) is 9.59 Å². The standard InChI is InChI=1S/C14H16I2O4/c15-7-1-9-19-13(17)11-3-5-12(6-4-11)14(18)20-10-2-8-16/h3-6H,1-2,7-10H2. The molecule has 0 heterocycles. The topological polar surface area (TPSA) is 52.6 Å². The molecule has 0 unspecified atom stereocenters. The Kier molecular flexibility index (Phi) is 9.16. The third-order valence-corrected chi connectivity index (χ3v) is 3.90. The Hall–Kier alpha value is -0.380. The van der Waals surface area contributed by atoms with Crippen LogP contribution in [0.1, 0.15) is 33.6 Å². The van der Waals surface area contributed by atoms with E-state index >= 15 is 0 Å². The Morgan fingerprint density at radius 2 is 1.15 bits per heavy atom. The van der Waals surface area contributed by atoms with Gasteiger partial charge in [0.25, 0.3) is 0 Å². The van der Waals surface area contributed by atoms with Gasteiger partial charge in [-0.15, -0.1) is 0 Å². The molecule has 110 valence electrons. The number of benzene rings is 1. The minimum atomic E-state index is -0.361. The van der Waals surface area contributed by atoms with E-state index in [1.807, 2.05) is 0 Å². The lowest BCUT2D eigenvalue weighted by molar-refractivity contribution is 0.0492. The van der Waals surface area contributed by atoms with E-state index in [0.717, 1.165) is 21.7 Å². The van der Waals surface area contributed by atoms with E-state index in [1.54, 1.807) is 24.3 Å². The SMILES string of the molecule is O=C(OCCCI)c1ccc(C(=O)OCCCI)cc1. The second-order valence-electron chi connectivity index (χ2n) is 3.93. The number of carbonyl (C=O) groups is 2. The van der Waals surface area contributed by atoms with Crippen LogP contribution >= 0.6 is 45.2 Å². The molecular formula is C14H16I2O4. The summed E-state index contributed by atoms with van der Waals surface area (Å²) < 4.78 is 12.1. The van der Waals surface area contributed by atoms with Gasteiger partial charge >= 0.3 is 11.9 Å². The summed E-state index contributed by atoms with van der Waals surface area (Å²) in [6.45, 7) is 0.837. The van der Waals surface area contributed by atoms with Gasteiger partial charge in [0.15, 0.2) is 0 Å². The molecule has 0 bridgehead atoms. The van der Waals surface area contributed by atoms with Gasteiger partial charge in [0.1, 0.15) is 0 Å². The normalized spacial score (nSPS) is 10.1. The molecule has 0 aromatic heterocycles. The molecule has 20 heavy (non-hydrogen) atoms. The molecule has 1 rings (SSSR count). The molecule has 1 aromatic carbocycles. The van der Waals surface area contributed by atoms with Crippen LogP contribution < -0.4 is 0 Å². The zero-order valence-corrected chi connectivity index (χ0v) is 15.3. The molecule has 4 nitrogen and oxygen atoms in total. The summed E-state index contributed by atoms with van der Waals surface area (Å²) in [6, 6.07) is 6.34. The summed E-state index contributed by atoms with van der Waals surface area (Å²) in [6.07, 6.45) is 1.68. The van der Waals surface area contributed by atoms with Gasteiger partial charge in [-0.05, 0) is 37.1 Å². The van der Waals surface area contributed by atoms with E-state index in [1.165, 1.54) is 0 Å². The summed E-state index contributed by atoms with van der Waals surface area (Å²) in [5, 5.41) is 0. The Labute approximate surface area is 145 Å². The Balaban J connectivity index is 2.50.